The Bertz CT molecular complexity index is 305. The molecule has 1 aromatic rings. The van der Waals surface area contributed by atoms with Gasteiger partial charge in [-0.25, -0.2) is 0 Å². The first kappa shape index (κ1) is 12.5. The van der Waals surface area contributed by atoms with Crippen molar-refractivity contribution in [2.24, 2.45) is 5.73 Å². The molecule has 0 aromatic heterocycles. The van der Waals surface area contributed by atoms with Crippen LogP contribution in [-0.4, -0.2) is 26.9 Å². The lowest BCUT2D eigenvalue weighted by Gasteiger charge is -2.09. The van der Waals surface area contributed by atoms with Gasteiger partial charge in [0.1, 0.15) is 5.75 Å². The molecular weight excluding hydrogens is 258 g/mol. The van der Waals surface area contributed by atoms with Gasteiger partial charge >= 0.3 is 0 Å². The van der Waals surface area contributed by atoms with Gasteiger partial charge in [0.25, 0.3) is 0 Å². The molecule has 0 radical (unpaired) electrons. The molecule has 15 heavy (non-hydrogen) atoms. The highest BCUT2D eigenvalue weighted by Gasteiger charge is 2.03. The van der Waals surface area contributed by atoms with Crippen LogP contribution in [-0.2, 0) is 11.2 Å². The molecule has 0 bridgehead atoms. The fraction of sp³-hybridized carbons (Fsp3) is 0.455. The van der Waals surface area contributed by atoms with Crippen LogP contribution in [0.15, 0.2) is 22.7 Å². The van der Waals surface area contributed by atoms with Gasteiger partial charge < -0.3 is 15.2 Å². The highest BCUT2D eigenvalue weighted by Crippen LogP contribution is 2.23. The van der Waals surface area contributed by atoms with Gasteiger partial charge in [-0.1, -0.05) is 22.0 Å². The number of methoxy groups -OCH3 is 1. The number of hydrogen-bond acceptors (Lipinski definition) is 3. The quantitative estimate of drug-likeness (QED) is 0.807. The van der Waals surface area contributed by atoms with Gasteiger partial charge in [-0.15, -0.1) is 0 Å². The van der Waals surface area contributed by atoms with Gasteiger partial charge in [-0.2, -0.15) is 0 Å². The van der Waals surface area contributed by atoms with E-state index in [0.717, 1.165) is 22.2 Å². The second-order valence-corrected chi connectivity index (χ2v) is 4.02. The summed E-state index contributed by atoms with van der Waals surface area (Å²) in [6.45, 7) is 1.85. The van der Waals surface area contributed by atoms with Crippen LogP contribution in [0.4, 0.5) is 0 Å². The molecule has 0 saturated carbocycles. The third-order valence-corrected chi connectivity index (χ3v) is 2.52. The molecule has 0 aliphatic heterocycles. The summed E-state index contributed by atoms with van der Waals surface area (Å²) in [7, 11) is 1.67. The normalized spacial score (nSPS) is 10.3. The topological polar surface area (TPSA) is 44.5 Å². The summed E-state index contributed by atoms with van der Waals surface area (Å²) in [5.41, 5.74) is 6.48. The molecule has 0 unspecified atom stereocenters. The van der Waals surface area contributed by atoms with Crippen molar-refractivity contribution in [3.8, 4) is 5.75 Å². The van der Waals surface area contributed by atoms with Crippen LogP contribution in [0.3, 0.4) is 0 Å². The zero-order valence-electron chi connectivity index (χ0n) is 8.83. The van der Waals surface area contributed by atoms with Gasteiger partial charge in [0.15, 0.2) is 0 Å². The van der Waals surface area contributed by atoms with E-state index in [2.05, 4.69) is 15.9 Å². The van der Waals surface area contributed by atoms with Crippen LogP contribution in [0.25, 0.3) is 0 Å². The molecule has 4 heteroatoms. The predicted molar refractivity (Wildman–Crippen MR) is 64.3 cm³/mol. The maximum absolute atomic E-state index is 5.33. The summed E-state index contributed by atoms with van der Waals surface area (Å²) in [4.78, 5) is 0. The predicted octanol–water partition coefficient (Wildman–Crippen LogP) is 1.98. The Morgan fingerprint density at radius 3 is 2.80 bits per heavy atom. The van der Waals surface area contributed by atoms with Crippen molar-refractivity contribution in [1.29, 1.82) is 0 Å². The Hall–Kier alpha value is -0.580. The van der Waals surface area contributed by atoms with Crippen molar-refractivity contribution in [1.82, 2.24) is 0 Å². The van der Waals surface area contributed by atoms with Crippen LogP contribution in [0.1, 0.15) is 5.56 Å². The monoisotopic (exact) mass is 273 g/mol. The third kappa shape index (κ3) is 4.20. The average Bonchev–Trinajstić information content (AvgIpc) is 2.26. The SMILES string of the molecule is COc1cc(Br)ccc1CCOCCN. The number of rotatable bonds is 6. The lowest BCUT2D eigenvalue weighted by molar-refractivity contribution is 0.144. The summed E-state index contributed by atoms with van der Waals surface area (Å²) in [6.07, 6.45) is 0.844. The van der Waals surface area contributed by atoms with Crippen LogP contribution in [0.2, 0.25) is 0 Å². The minimum Gasteiger partial charge on any atom is -0.496 e. The largest absolute Gasteiger partial charge is 0.496 e. The molecule has 0 fully saturated rings. The highest BCUT2D eigenvalue weighted by molar-refractivity contribution is 9.10. The maximum atomic E-state index is 5.33. The summed E-state index contributed by atoms with van der Waals surface area (Å²) in [5.74, 6) is 0.890. The van der Waals surface area contributed by atoms with Gasteiger partial charge in [-0.05, 0) is 24.1 Å². The van der Waals surface area contributed by atoms with E-state index in [1.54, 1.807) is 7.11 Å². The first-order valence-electron chi connectivity index (χ1n) is 4.88. The van der Waals surface area contributed by atoms with Gasteiger partial charge in [0.05, 0.1) is 20.3 Å². The van der Waals surface area contributed by atoms with Crippen LogP contribution < -0.4 is 10.5 Å². The molecule has 0 aliphatic rings. The summed E-state index contributed by atoms with van der Waals surface area (Å²) in [5, 5.41) is 0. The maximum Gasteiger partial charge on any atom is 0.123 e. The van der Waals surface area contributed by atoms with Crippen molar-refractivity contribution in [3.05, 3.63) is 28.2 Å². The molecule has 0 saturated heterocycles. The number of hydrogen-bond donors (Lipinski definition) is 1. The number of ether oxygens (including phenoxy) is 2. The van der Waals surface area contributed by atoms with E-state index in [4.69, 9.17) is 15.2 Å². The van der Waals surface area contributed by atoms with E-state index in [-0.39, 0.29) is 0 Å². The molecular formula is C11H16BrNO2. The molecule has 0 aliphatic carbocycles. The minimum absolute atomic E-state index is 0.567. The van der Waals surface area contributed by atoms with E-state index in [0.29, 0.717) is 19.8 Å². The Kier molecular flexibility index (Phi) is 5.68. The fourth-order valence-corrected chi connectivity index (χ4v) is 1.63. The van der Waals surface area contributed by atoms with Crippen molar-refractivity contribution < 1.29 is 9.47 Å². The summed E-state index contributed by atoms with van der Waals surface area (Å²) < 4.78 is 11.6. The zero-order chi connectivity index (χ0) is 11.1. The first-order valence-corrected chi connectivity index (χ1v) is 5.67. The molecule has 3 nitrogen and oxygen atoms in total. The summed E-state index contributed by atoms with van der Waals surface area (Å²) >= 11 is 3.40. The molecule has 0 heterocycles. The Labute approximate surface area is 98.7 Å². The van der Waals surface area contributed by atoms with Gasteiger partial charge in [0.2, 0.25) is 0 Å². The highest BCUT2D eigenvalue weighted by atomic mass is 79.9. The first-order chi connectivity index (χ1) is 7.27. The smallest absolute Gasteiger partial charge is 0.123 e. The Morgan fingerprint density at radius 2 is 2.13 bits per heavy atom. The average molecular weight is 274 g/mol. The van der Waals surface area contributed by atoms with Crippen molar-refractivity contribution in [2.75, 3.05) is 26.9 Å². The number of nitrogens with two attached hydrogens (primary N) is 1. The van der Waals surface area contributed by atoms with Crippen LogP contribution in [0, 0.1) is 0 Å². The molecule has 1 aromatic carbocycles. The van der Waals surface area contributed by atoms with Crippen LogP contribution in [0.5, 0.6) is 5.75 Å². The van der Waals surface area contributed by atoms with Crippen LogP contribution >= 0.6 is 15.9 Å². The second-order valence-electron chi connectivity index (χ2n) is 3.11. The molecule has 0 amide bonds. The second kappa shape index (κ2) is 6.82. The fourth-order valence-electron chi connectivity index (χ4n) is 1.29. The molecule has 0 atom stereocenters. The van der Waals surface area contributed by atoms with E-state index in [1.807, 2.05) is 18.2 Å². The molecule has 0 spiro atoms. The van der Waals surface area contributed by atoms with Crippen molar-refractivity contribution >= 4 is 15.9 Å². The lowest BCUT2D eigenvalue weighted by atomic mass is 10.1. The van der Waals surface area contributed by atoms with E-state index in [1.165, 1.54) is 0 Å². The Morgan fingerprint density at radius 1 is 1.33 bits per heavy atom. The molecule has 2 N–H and O–H groups in total. The minimum atomic E-state index is 0.567. The van der Waals surface area contributed by atoms with Crippen molar-refractivity contribution in [2.45, 2.75) is 6.42 Å². The van der Waals surface area contributed by atoms with E-state index < -0.39 is 0 Å². The molecule has 84 valence electrons. The van der Waals surface area contributed by atoms with E-state index >= 15 is 0 Å². The standard InChI is InChI=1S/C11H16BrNO2/c1-14-11-8-10(12)3-2-9(11)4-6-15-7-5-13/h2-3,8H,4-7,13H2,1H3. The Balaban J connectivity index is 2.52. The number of benzene rings is 1. The van der Waals surface area contributed by atoms with Crippen molar-refractivity contribution in [3.63, 3.8) is 0 Å². The lowest BCUT2D eigenvalue weighted by Crippen LogP contribution is -2.10. The number of halogens is 1. The van der Waals surface area contributed by atoms with Gasteiger partial charge in [-0.3, -0.25) is 0 Å². The third-order valence-electron chi connectivity index (χ3n) is 2.03. The van der Waals surface area contributed by atoms with Gasteiger partial charge in [0, 0.05) is 11.0 Å². The zero-order valence-corrected chi connectivity index (χ0v) is 10.4. The van der Waals surface area contributed by atoms with E-state index in [9.17, 15) is 0 Å². The molecule has 1 rings (SSSR count). The summed E-state index contributed by atoms with van der Waals surface area (Å²) in [6, 6.07) is 5.99.